The molecule has 4 unspecified atom stereocenters. The van der Waals surface area contributed by atoms with Crippen LogP contribution in [0.15, 0.2) is 30.5 Å². The van der Waals surface area contributed by atoms with Crippen LogP contribution in [0.1, 0.15) is 31.7 Å². The molecule has 1 aromatic heterocycles. The van der Waals surface area contributed by atoms with Crippen LogP contribution in [0, 0.1) is 11.8 Å². The van der Waals surface area contributed by atoms with Gasteiger partial charge in [0.05, 0.1) is 34.1 Å². The molecule has 6 heteroatoms. The highest BCUT2D eigenvalue weighted by Gasteiger charge is 2.46. The molecule has 2 aliphatic rings. The van der Waals surface area contributed by atoms with Crippen LogP contribution in [0.4, 0.5) is 0 Å². The summed E-state index contributed by atoms with van der Waals surface area (Å²) in [5.41, 5.74) is 1.49. The molecule has 0 radical (unpaired) electrons. The average Bonchev–Trinajstić information content (AvgIpc) is 3.11. The summed E-state index contributed by atoms with van der Waals surface area (Å²) in [4.78, 5) is 20.2. The minimum absolute atomic E-state index is 0.0410. The molecule has 5 nitrogen and oxygen atoms in total. The Labute approximate surface area is 163 Å². The predicted molar refractivity (Wildman–Crippen MR) is 107 cm³/mol. The summed E-state index contributed by atoms with van der Waals surface area (Å²) in [6.45, 7) is 6.85. The van der Waals surface area contributed by atoms with E-state index in [1.54, 1.807) is 6.26 Å². The van der Waals surface area contributed by atoms with Gasteiger partial charge < -0.3 is 14.7 Å². The first kappa shape index (κ1) is 18.6. The lowest BCUT2D eigenvalue weighted by Crippen LogP contribution is -2.51. The highest BCUT2D eigenvalue weighted by molar-refractivity contribution is 7.19. The normalized spacial score (nSPS) is 28.1. The van der Waals surface area contributed by atoms with Crippen LogP contribution in [0.5, 0.6) is 0 Å². The second kappa shape index (κ2) is 7.70. The van der Waals surface area contributed by atoms with E-state index in [0.29, 0.717) is 18.4 Å². The molecule has 2 heterocycles. The number of hydrogen-bond donors (Lipinski definition) is 1. The van der Waals surface area contributed by atoms with Gasteiger partial charge in [0, 0.05) is 12.5 Å². The Morgan fingerprint density at radius 1 is 1.26 bits per heavy atom. The zero-order valence-electron chi connectivity index (χ0n) is 15.8. The molecule has 27 heavy (non-hydrogen) atoms. The molecule has 1 aliphatic carbocycles. The smallest absolute Gasteiger partial charge is 0.175 e. The fraction of sp³-hybridized carbons (Fsp3) is 0.524. The maximum Gasteiger partial charge on any atom is 0.175 e. The van der Waals surface area contributed by atoms with Gasteiger partial charge in [-0.25, -0.2) is 4.98 Å². The molecule has 0 spiro atoms. The first-order chi connectivity index (χ1) is 13.1. The van der Waals surface area contributed by atoms with Crippen molar-refractivity contribution >= 4 is 32.9 Å². The highest BCUT2D eigenvalue weighted by atomic mass is 32.1. The molecule has 1 saturated carbocycles. The van der Waals surface area contributed by atoms with Crippen molar-refractivity contribution in [3.8, 4) is 0 Å². The number of hydrogen-bond acceptors (Lipinski definition) is 6. The number of nitrogens with zero attached hydrogens (tertiary/aromatic N) is 2. The Kier molecular flexibility index (Phi) is 5.30. The summed E-state index contributed by atoms with van der Waals surface area (Å²) < 4.78 is 7.16. The number of carbonyl (C=O) groups is 1. The number of para-hydroxylation sites is 1. The summed E-state index contributed by atoms with van der Waals surface area (Å²) >= 11 is 1.53. The fourth-order valence-corrected chi connectivity index (χ4v) is 5.25. The number of ether oxygens (including phenoxy) is 1. The number of benzene rings is 1. The standard InChI is InChI=1S/C21H26N2O3S/c1-3-23(4-2)11-14-17(24)10-9-13-19(25)15(12-26-20(13)14)21-22-16-7-5-6-8-18(16)27-21/h5-8,12-14,17,20,24H,3-4,9-11H2,1-2H3. The summed E-state index contributed by atoms with van der Waals surface area (Å²) in [6.07, 6.45) is 2.24. The highest BCUT2D eigenvalue weighted by Crippen LogP contribution is 2.40. The topological polar surface area (TPSA) is 62.7 Å². The fourth-order valence-electron chi connectivity index (χ4n) is 4.28. The van der Waals surface area contributed by atoms with Crippen LogP contribution >= 0.6 is 11.3 Å². The number of aliphatic hydroxyl groups excluding tert-OH is 1. The van der Waals surface area contributed by atoms with Crippen LogP contribution in [0.3, 0.4) is 0 Å². The quantitative estimate of drug-likeness (QED) is 0.854. The molecule has 0 saturated heterocycles. The molecule has 1 aromatic carbocycles. The molecular weight excluding hydrogens is 360 g/mol. The van der Waals surface area contributed by atoms with Crippen LogP contribution in [-0.4, -0.2) is 52.6 Å². The van der Waals surface area contributed by atoms with E-state index in [2.05, 4.69) is 23.7 Å². The molecule has 0 bridgehead atoms. The number of allylic oxidation sites excluding steroid dienone is 1. The van der Waals surface area contributed by atoms with E-state index < -0.39 is 6.10 Å². The zero-order valence-corrected chi connectivity index (χ0v) is 16.6. The number of carbonyl (C=O) groups excluding carboxylic acids is 1. The monoisotopic (exact) mass is 386 g/mol. The second-order valence-electron chi connectivity index (χ2n) is 7.38. The summed E-state index contributed by atoms with van der Waals surface area (Å²) in [5.74, 6) is -0.122. The van der Waals surface area contributed by atoms with Crippen molar-refractivity contribution in [1.29, 1.82) is 0 Å². The Morgan fingerprint density at radius 2 is 2.04 bits per heavy atom. The largest absolute Gasteiger partial charge is 0.496 e. The van der Waals surface area contributed by atoms with Crippen LogP contribution in [0.25, 0.3) is 15.8 Å². The van der Waals surface area contributed by atoms with Crippen molar-refractivity contribution in [1.82, 2.24) is 9.88 Å². The molecule has 4 atom stereocenters. The van der Waals surface area contributed by atoms with Crippen LogP contribution in [-0.2, 0) is 9.53 Å². The Hall–Kier alpha value is -1.76. The van der Waals surface area contributed by atoms with E-state index in [0.717, 1.165) is 34.9 Å². The van der Waals surface area contributed by atoms with Crippen molar-refractivity contribution in [2.75, 3.05) is 19.6 Å². The van der Waals surface area contributed by atoms with E-state index in [1.165, 1.54) is 11.3 Å². The number of Topliss-reactive ketones (excluding diaryl/α,β-unsaturated/α-hetero) is 1. The lowest BCUT2D eigenvalue weighted by Gasteiger charge is -2.43. The number of aliphatic hydroxyl groups is 1. The van der Waals surface area contributed by atoms with Crippen molar-refractivity contribution in [2.45, 2.75) is 38.9 Å². The van der Waals surface area contributed by atoms with Crippen molar-refractivity contribution in [2.24, 2.45) is 11.8 Å². The molecule has 2 aromatic rings. The lowest BCUT2D eigenvalue weighted by molar-refractivity contribution is -0.133. The van der Waals surface area contributed by atoms with Gasteiger partial charge in [0.25, 0.3) is 0 Å². The van der Waals surface area contributed by atoms with Gasteiger partial charge in [-0.3, -0.25) is 4.79 Å². The van der Waals surface area contributed by atoms with Crippen molar-refractivity contribution < 1.29 is 14.6 Å². The second-order valence-corrected chi connectivity index (χ2v) is 8.41. The van der Waals surface area contributed by atoms with Gasteiger partial charge in [0.2, 0.25) is 0 Å². The molecule has 144 valence electrons. The van der Waals surface area contributed by atoms with E-state index >= 15 is 0 Å². The molecule has 1 fully saturated rings. The van der Waals surface area contributed by atoms with Crippen molar-refractivity contribution in [3.05, 3.63) is 35.5 Å². The predicted octanol–water partition coefficient (Wildman–Crippen LogP) is 3.33. The third kappa shape index (κ3) is 3.42. The lowest BCUT2D eigenvalue weighted by atomic mass is 9.72. The molecular formula is C21H26N2O3S. The van der Waals surface area contributed by atoms with Crippen LogP contribution < -0.4 is 0 Å². The first-order valence-electron chi connectivity index (χ1n) is 9.78. The number of thiazole rings is 1. The van der Waals surface area contributed by atoms with Gasteiger partial charge in [-0.2, -0.15) is 0 Å². The molecule has 1 N–H and O–H groups in total. The van der Waals surface area contributed by atoms with Gasteiger partial charge in [-0.15, -0.1) is 11.3 Å². The Bertz CT molecular complexity index is 825. The van der Waals surface area contributed by atoms with Crippen LogP contribution in [0.2, 0.25) is 0 Å². The Balaban J connectivity index is 1.61. The SMILES string of the molecule is CCN(CC)CC1C(O)CCC2C(=O)C(c3nc4ccccc4s3)=COC21. The van der Waals surface area contributed by atoms with Gasteiger partial charge in [-0.05, 0) is 38.1 Å². The van der Waals surface area contributed by atoms with E-state index in [9.17, 15) is 9.90 Å². The van der Waals surface area contributed by atoms with E-state index in [1.807, 2.05) is 24.3 Å². The number of rotatable bonds is 5. The average molecular weight is 387 g/mol. The number of ketones is 1. The summed E-state index contributed by atoms with van der Waals surface area (Å²) in [5, 5.41) is 11.3. The van der Waals surface area contributed by atoms with Crippen molar-refractivity contribution in [3.63, 3.8) is 0 Å². The van der Waals surface area contributed by atoms with E-state index in [-0.39, 0.29) is 23.7 Å². The summed E-state index contributed by atoms with van der Waals surface area (Å²) in [6, 6.07) is 7.92. The Morgan fingerprint density at radius 3 is 2.78 bits per heavy atom. The molecule has 0 amide bonds. The van der Waals surface area contributed by atoms with Gasteiger partial charge in [0.1, 0.15) is 11.1 Å². The first-order valence-corrected chi connectivity index (χ1v) is 10.6. The minimum Gasteiger partial charge on any atom is -0.496 e. The maximum absolute atomic E-state index is 13.2. The third-order valence-corrected chi connectivity index (χ3v) is 6.99. The van der Waals surface area contributed by atoms with Gasteiger partial charge >= 0.3 is 0 Å². The van der Waals surface area contributed by atoms with Gasteiger partial charge in [-0.1, -0.05) is 26.0 Å². The third-order valence-electron chi connectivity index (χ3n) is 5.92. The number of fused-ring (bicyclic) bond motifs is 2. The maximum atomic E-state index is 13.2. The zero-order chi connectivity index (χ0) is 19.0. The molecule has 1 aliphatic heterocycles. The number of aromatic nitrogens is 1. The van der Waals surface area contributed by atoms with E-state index in [4.69, 9.17) is 4.74 Å². The minimum atomic E-state index is -0.419. The van der Waals surface area contributed by atoms with Gasteiger partial charge in [0.15, 0.2) is 5.78 Å². The molecule has 4 rings (SSSR count). The summed E-state index contributed by atoms with van der Waals surface area (Å²) in [7, 11) is 0.